The molecule has 0 radical (unpaired) electrons. The number of hydrogen-bond acceptors (Lipinski definition) is 6. The van der Waals surface area contributed by atoms with Crippen LogP contribution in [-0.4, -0.2) is 37.8 Å². The van der Waals surface area contributed by atoms with E-state index in [9.17, 15) is 0 Å². The number of aromatic nitrogens is 5. The zero-order valence-electron chi connectivity index (χ0n) is 16.3. The second kappa shape index (κ2) is 7.53. The molecular weight excluding hydrogens is 384 g/mol. The second-order valence-electron chi connectivity index (χ2n) is 7.31. The van der Waals surface area contributed by atoms with Crippen LogP contribution in [0.4, 0.5) is 5.69 Å². The fraction of sp³-hybridized carbons (Fsp3) is 0.286. The second-order valence-corrected chi connectivity index (χ2v) is 8.19. The Labute approximate surface area is 173 Å². The van der Waals surface area contributed by atoms with Crippen LogP contribution in [0.25, 0.3) is 16.7 Å². The molecule has 5 rings (SSSR count). The molecule has 7 nitrogen and oxygen atoms in total. The molecular formula is C21H22N6OS. The number of fused-ring (bicyclic) bond motifs is 1. The van der Waals surface area contributed by atoms with Gasteiger partial charge in [-0.2, -0.15) is 10.2 Å². The number of nitrogens with one attached hydrogen (secondary N) is 1. The summed E-state index contributed by atoms with van der Waals surface area (Å²) in [7, 11) is 3.73. The molecule has 3 aromatic heterocycles. The number of ether oxygens (including phenoxy) is 1. The van der Waals surface area contributed by atoms with Crippen molar-refractivity contribution in [2.75, 3.05) is 11.8 Å². The van der Waals surface area contributed by atoms with E-state index < -0.39 is 0 Å². The van der Waals surface area contributed by atoms with Gasteiger partial charge in [-0.3, -0.25) is 4.68 Å². The number of para-hydroxylation sites is 1. The topological polar surface area (TPSA) is 69.8 Å². The number of rotatable bonds is 6. The summed E-state index contributed by atoms with van der Waals surface area (Å²) in [6, 6.07) is 10.4. The summed E-state index contributed by atoms with van der Waals surface area (Å²) >= 11 is 1.53. The third-order valence-electron chi connectivity index (χ3n) is 5.50. The fourth-order valence-electron chi connectivity index (χ4n) is 3.76. The molecule has 0 atom stereocenters. The lowest BCUT2D eigenvalue weighted by Gasteiger charge is -2.34. The maximum atomic E-state index is 5.40. The van der Waals surface area contributed by atoms with E-state index in [0.717, 1.165) is 40.1 Å². The lowest BCUT2D eigenvalue weighted by molar-refractivity contribution is 0.0257. The Balaban J connectivity index is 1.30. The van der Waals surface area contributed by atoms with E-state index in [1.165, 1.54) is 17.5 Å². The first-order valence-corrected chi connectivity index (χ1v) is 10.4. The van der Waals surface area contributed by atoms with Gasteiger partial charge in [0, 0.05) is 31.9 Å². The van der Waals surface area contributed by atoms with Gasteiger partial charge in [-0.05, 0) is 54.5 Å². The SMILES string of the molecule is COC1CC(c2ccnc(-n3cc(SNc4cccc5cnn(C)c45)cn3)c2)C1. The van der Waals surface area contributed by atoms with Crippen molar-refractivity contribution in [2.24, 2.45) is 7.05 Å². The molecule has 1 fully saturated rings. The van der Waals surface area contributed by atoms with Crippen LogP contribution in [0, 0.1) is 0 Å². The Bertz CT molecular complexity index is 1150. The molecule has 0 aliphatic heterocycles. The Morgan fingerprint density at radius 1 is 1.17 bits per heavy atom. The Morgan fingerprint density at radius 2 is 2.07 bits per heavy atom. The number of anilines is 1. The molecule has 0 amide bonds. The summed E-state index contributed by atoms with van der Waals surface area (Å²) < 4.78 is 12.5. The summed E-state index contributed by atoms with van der Waals surface area (Å²) in [5, 5.41) is 9.94. The van der Waals surface area contributed by atoms with Gasteiger partial charge in [0.05, 0.1) is 34.6 Å². The van der Waals surface area contributed by atoms with Crippen molar-refractivity contribution in [1.29, 1.82) is 0 Å². The first kappa shape index (κ1) is 18.2. The smallest absolute Gasteiger partial charge is 0.153 e. The normalized spacial score (nSPS) is 18.7. The first-order chi connectivity index (χ1) is 14.2. The van der Waals surface area contributed by atoms with E-state index in [4.69, 9.17) is 4.74 Å². The number of aryl methyl sites for hydroxylation is 1. The number of hydrogen-bond donors (Lipinski definition) is 1. The standard InChI is InChI=1S/C21H22N6OS/c1-26-21-15(11-23-26)4-3-5-19(21)25-29-18-12-24-27(13-18)20-10-14(6-7-22-20)16-8-17(9-16)28-2/h3-7,10-13,16-17,25H,8-9H2,1-2H3. The van der Waals surface area contributed by atoms with E-state index >= 15 is 0 Å². The van der Waals surface area contributed by atoms with Gasteiger partial charge in [-0.1, -0.05) is 12.1 Å². The molecule has 8 heteroatoms. The summed E-state index contributed by atoms with van der Waals surface area (Å²) in [6.45, 7) is 0. The van der Waals surface area contributed by atoms with Crippen LogP contribution in [0.15, 0.2) is 60.0 Å². The molecule has 0 unspecified atom stereocenters. The van der Waals surface area contributed by atoms with Gasteiger partial charge in [0.25, 0.3) is 0 Å². The monoisotopic (exact) mass is 406 g/mol. The van der Waals surface area contributed by atoms with Crippen LogP contribution in [-0.2, 0) is 11.8 Å². The molecule has 29 heavy (non-hydrogen) atoms. The molecule has 1 aromatic carbocycles. The highest BCUT2D eigenvalue weighted by molar-refractivity contribution is 8.00. The van der Waals surface area contributed by atoms with Crippen LogP contribution in [0.5, 0.6) is 0 Å². The van der Waals surface area contributed by atoms with E-state index in [1.54, 1.807) is 7.11 Å². The molecule has 1 N–H and O–H groups in total. The fourth-order valence-corrected chi connectivity index (χ4v) is 4.40. The average Bonchev–Trinajstić information content (AvgIpc) is 3.33. The first-order valence-electron chi connectivity index (χ1n) is 9.58. The van der Waals surface area contributed by atoms with Crippen molar-refractivity contribution in [3.63, 3.8) is 0 Å². The number of methoxy groups -OCH3 is 1. The number of pyridine rings is 1. The Hall–Kier alpha value is -2.84. The molecule has 0 saturated heterocycles. The van der Waals surface area contributed by atoms with Gasteiger partial charge < -0.3 is 9.46 Å². The van der Waals surface area contributed by atoms with Crippen molar-refractivity contribution in [1.82, 2.24) is 24.5 Å². The third kappa shape index (κ3) is 3.49. The lowest BCUT2D eigenvalue weighted by Crippen LogP contribution is -2.28. The quantitative estimate of drug-likeness (QED) is 0.485. The van der Waals surface area contributed by atoms with E-state index in [-0.39, 0.29) is 0 Å². The summed E-state index contributed by atoms with van der Waals surface area (Å²) in [6.07, 6.45) is 10.1. The van der Waals surface area contributed by atoms with Gasteiger partial charge in [0.1, 0.15) is 0 Å². The largest absolute Gasteiger partial charge is 0.381 e. The highest BCUT2D eigenvalue weighted by Crippen LogP contribution is 2.38. The van der Waals surface area contributed by atoms with Crippen molar-refractivity contribution >= 4 is 28.5 Å². The predicted octanol–water partition coefficient (Wildman–Crippen LogP) is 4.17. The highest BCUT2D eigenvalue weighted by Gasteiger charge is 2.30. The van der Waals surface area contributed by atoms with Crippen molar-refractivity contribution < 1.29 is 4.74 Å². The molecule has 3 heterocycles. The average molecular weight is 407 g/mol. The van der Waals surface area contributed by atoms with E-state index in [1.807, 2.05) is 47.3 Å². The Morgan fingerprint density at radius 3 is 2.93 bits per heavy atom. The molecule has 0 spiro atoms. The van der Waals surface area contributed by atoms with Crippen LogP contribution < -0.4 is 4.72 Å². The molecule has 1 aliphatic carbocycles. The third-order valence-corrected chi connectivity index (χ3v) is 6.27. The number of nitrogens with zero attached hydrogens (tertiary/aromatic N) is 5. The summed E-state index contributed by atoms with van der Waals surface area (Å²) in [5.74, 6) is 1.39. The molecule has 1 aliphatic rings. The molecule has 148 valence electrons. The molecule has 4 aromatic rings. The Kier molecular flexibility index (Phi) is 4.73. The van der Waals surface area contributed by atoms with Gasteiger partial charge in [-0.25, -0.2) is 9.67 Å². The van der Waals surface area contributed by atoms with E-state index in [0.29, 0.717) is 12.0 Å². The minimum atomic E-state index is 0.388. The minimum absolute atomic E-state index is 0.388. The van der Waals surface area contributed by atoms with Crippen molar-refractivity contribution in [3.05, 3.63) is 60.7 Å². The summed E-state index contributed by atoms with van der Waals surface area (Å²) in [5.41, 5.74) is 3.41. The van der Waals surface area contributed by atoms with Crippen LogP contribution in [0.2, 0.25) is 0 Å². The molecule has 1 saturated carbocycles. The van der Waals surface area contributed by atoms with Crippen LogP contribution >= 0.6 is 11.9 Å². The zero-order valence-corrected chi connectivity index (χ0v) is 17.1. The highest BCUT2D eigenvalue weighted by atomic mass is 32.2. The van der Waals surface area contributed by atoms with Gasteiger partial charge in [0.15, 0.2) is 5.82 Å². The van der Waals surface area contributed by atoms with Crippen molar-refractivity contribution in [3.8, 4) is 5.82 Å². The lowest BCUT2D eigenvalue weighted by atomic mass is 9.78. The van der Waals surface area contributed by atoms with E-state index in [2.05, 4.69) is 44.2 Å². The minimum Gasteiger partial charge on any atom is -0.381 e. The maximum absolute atomic E-state index is 5.40. The van der Waals surface area contributed by atoms with Crippen LogP contribution in [0.1, 0.15) is 24.3 Å². The van der Waals surface area contributed by atoms with Gasteiger partial charge >= 0.3 is 0 Å². The molecule has 0 bridgehead atoms. The van der Waals surface area contributed by atoms with Gasteiger partial charge in [0.2, 0.25) is 0 Å². The van der Waals surface area contributed by atoms with Crippen LogP contribution in [0.3, 0.4) is 0 Å². The zero-order chi connectivity index (χ0) is 19.8. The predicted molar refractivity (Wildman–Crippen MR) is 114 cm³/mol. The maximum Gasteiger partial charge on any atom is 0.153 e. The van der Waals surface area contributed by atoms with Crippen molar-refractivity contribution in [2.45, 2.75) is 29.8 Å². The summed E-state index contributed by atoms with van der Waals surface area (Å²) in [4.78, 5) is 5.51. The number of benzene rings is 1. The van der Waals surface area contributed by atoms with Gasteiger partial charge in [-0.15, -0.1) is 0 Å².